The zero-order valence-electron chi connectivity index (χ0n) is 18.1. The molecule has 0 saturated heterocycles. The fourth-order valence-electron chi connectivity index (χ4n) is 3.09. The molecule has 0 fully saturated rings. The van der Waals surface area contributed by atoms with Crippen LogP contribution in [-0.2, 0) is 11.4 Å². The maximum absolute atomic E-state index is 12.6. The quantitative estimate of drug-likeness (QED) is 0.235. The number of carbonyl (C=O) groups is 1. The monoisotopic (exact) mass is 549 g/mol. The van der Waals surface area contributed by atoms with Gasteiger partial charge in [-0.3, -0.25) is 4.79 Å². The molecule has 3 rings (SSSR count). The van der Waals surface area contributed by atoms with E-state index in [1.54, 1.807) is 30.3 Å². The number of ether oxygens (including phenoxy) is 2. The second-order valence-electron chi connectivity index (χ2n) is 7.03. The Morgan fingerprint density at radius 3 is 2.55 bits per heavy atom. The predicted molar refractivity (Wildman–Crippen MR) is 135 cm³/mol. The molecule has 0 aromatic heterocycles. The fourth-order valence-corrected chi connectivity index (χ4v) is 3.87. The highest BCUT2D eigenvalue weighted by Crippen LogP contribution is 2.35. The van der Waals surface area contributed by atoms with Crippen LogP contribution in [0.5, 0.6) is 11.5 Å². The summed E-state index contributed by atoms with van der Waals surface area (Å²) in [6, 6.07) is 22.2. The highest BCUT2D eigenvalue weighted by molar-refractivity contribution is 14.1. The van der Waals surface area contributed by atoms with Crippen LogP contribution in [0.4, 0.5) is 5.69 Å². The Hall–Kier alpha value is -3.82. The van der Waals surface area contributed by atoms with Crippen LogP contribution in [0.15, 0.2) is 66.2 Å². The Morgan fingerprint density at radius 2 is 1.85 bits per heavy atom. The van der Waals surface area contributed by atoms with Crippen LogP contribution in [0.25, 0.3) is 6.08 Å². The standard InChI is InChI=1S/C26H20IN3O3/c1-17-7-3-6-10-23(17)30-26(31)21(15-29)11-18-12-22(27)25(24(13-18)32-2)33-16-20-9-5-4-8-19(20)14-28/h3-13H,16H2,1-2H3,(H,30,31)/b21-11-. The van der Waals surface area contributed by atoms with Crippen LogP contribution in [0, 0.1) is 33.2 Å². The lowest BCUT2D eigenvalue weighted by atomic mass is 10.1. The van der Waals surface area contributed by atoms with E-state index in [0.29, 0.717) is 28.3 Å². The number of anilines is 1. The Kier molecular flexibility index (Phi) is 8.06. The van der Waals surface area contributed by atoms with Crippen molar-refractivity contribution in [3.05, 3.63) is 92.1 Å². The van der Waals surface area contributed by atoms with Crippen LogP contribution >= 0.6 is 22.6 Å². The summed E-state index contributed by atoms with van der Waals surface area (Å²) in [7, 11) is 1.52. The topological polar surface area (TPSA) is 95.1 Å². The van der Waals surface area contributed by atoms with Crippen molar-refractivity contribution in [2.24, 2.45) is 0 Å². The van der Waals surface area contributed by atoms with Gasteiger partial charge in [-0.05, 0) is 71.0 Å². The summed E-state index contributed by atoms with van der Waals surface area (Å²) in [5.41, 5.74) is 3.45. The Morgan fingerprint density at radius 1 is 1.12 bits per heavy atom. The summed E-state index contributed by atoms with van der Waals surface area (Å²) >= 11 is 2.11. The van der Waals surface area contributed by atoms with E-state index in [9.17, 15) is 15.3 Å². The number of nitriles is 2. The SMILES string of the molecule is COc1cc(/C=C(/C#N)C(=O)Nc2ccccc2C)cc(I)c1OCc1ccccc1C#N. The van der Waals surface area contributed by atoms with E-state index in [4.69, 9.17) is 9.47 Å². The molecule has 33 heavy (non-hydrogen) atoms. The van der Waals surface area contributed by atoms with Crippen LogP contribution in [0.1, 0.15) is 22.3 Å². The van der Waals surface area contributed by atoms with Crippen molar-refractivity contribution in [3.63, 3.8) is 0 Å². The minimum absolute atomic E-state index is 0.0345. The Bertz CT molecular complexity index is 1300. The van der Waals surface area contributed by atoms with Crippen molar-refractivity contribution >= 4 is 40.3 Å². The van der Waals surface area contributed by atoms with E-state index >= 15 is 0 Å². The van der Waals surface area contributed by atoms with Crippen molar-refractivity contribution < 1.29 is 14.3 Å². The van der Waals surface area contributed by atoms with Gasteiger partial charge in [0.15, 0.2) is 11.5 Å². The molecule has 1 N–H and O–H groups in total. The van der Waals surface area contributed by atoms with Crippen LogP contribution < -0.4 is 14.8 Å². The molecule has 0 saturated carbocycles. The molecule has 7 heteroatoms. The normalized spacial score (nSPS) is 10.6. The molecule has 0 spiro atoms. The summed E-state index contributed by atoms with van der Waals surface area (Å²) < 4.78 is 12.2. The minimum Gasteiger partial charge on any atom is -0.493 e. The number of para-hydroxylation sites is 1. The summed E-state index contributed by atoms with van der Waals surface area (Å²) in [5.74, 6) is 0.485. The first-order valence-corrected chi connectivity index (χ1v) is 11.0. The average molecular weight is 549 g/mol. The number of hydrogen-bond acceptors (Lipinski definition) is 5. The van der Waals surface area contributed by atoms with Gasteiger partial charge < -0.3 is 14.8 Å². The number of nitrogens with one attached hydrogen (secondary N) is 1. The van der Waals surface area contributed by atoms with E-state index in [1.165, 1.54) is 13.2 Å². The van der Waals surface area contributed by atoms with Gasteiger partial charge in [0, 0.05) is 11.3 Å². The van der Waals surface area contributed by atoms with Crippen molar-refractivity contribution in [1.82, 2.24) is 0 Å². The smallest absolute Gasteiger partial charge is 0.266 e. The van der Waals surface area contributed by atoms with Gasteiger partial charge in [0.05, 0.1) is 22.3 Å². The van der Waals surface area contributed by atoms with Gasteiger partial charge in [0.1, 0.15) is 18.2 Å². The molecule has 6 nitrogen and oxygen atoms in total. The largest absolute Gasteiger partial charge is 0.493 e. The third-order valence-electron chi connectivity index (χ3n) is 4.83. The second kappa shape index (κ2) is 11.2. The molecule has 0 unspecified atom stereocenters. The summed E-state index contributed by atoms with van der Waals surface area (Å²) in [4.78, 5) is 12.6. The molecule has 3 aromatic carbocycles. The van der Waals surface area contributed by atoms with E-state index in [-0.39, 0.29) is 12.2 Å². The first kappa shape index (κ1) is 23.8. The van der Waals surface area contributed by atoms with E-state index in [1.807, 2.05) is 43.3 Å². The highest BCUT2D eigenvalue weighted by Gasteiger charge is 2.15. The van der Waals surface area contributed by atoms with Crippen molar-refractivity contribution in [1.29, 1.82) is 10.5 Å². The van der Waals surface area contributed by atoms with E-state index in [0.717, 1.165) is 14.7 Å². The molecule has 0 radical (unpaired) electrons. The third kappa shape index (κ3) is 5.91. The zero-order valence-corrected chi connectivity index (χ0v) is 20.2. The highest BCUT2D eigenvalue weighted by atomic mass is 127. The first-order chi connectivity index (χ1) is 16.0. The molecule has 1 amide bonds. The number of benzene rings is 3. The molecule has 0 atom stereocenters. The lowest BCUT2D eigenvalue weighted by Crippen LogP contribution is -2.14. The number of nitrogens with zero attached hydrogens (tertiary/aromatic N) is 2. The summed E-state index contributed by atoms with van der Waals surface area (Å²) in [5, 5.41) is 21.6. The maximum atomic E-state index is 12.6. The number of halogens is 1. The molecule has 0 aliphatic carbocycles. The Labute approximate surface area is 206 Å². The number of amides is 1. The zero-order chi connectivity index (χ0) is 23.8. The predicted octanol–water partition coefficient (Wildman–Crippen LogP) is 5.60. The number of aryl methyl sites for hydroxylation is 1. The van der Waals surface area contributed by atoms with E-state index in [2.05, 4.69) is 34.0 Å². The van der Waals surface area contributed by atoms with Gasteiger partial charge in [-0.15, -0.1) is 0 Å². The van der Waals surface area contributed by atoms with Crippen molar-refractivity contribution in [2.45, 2.75) is 13.5 Å². The minimum atomic E-state index is -0.491. The van der Waals surface area contributed by atoms with Gasteiger partial charge in [-0.25, -0.2) is 0 Å². The maximum Gasteiger partial charge on any atom is 0.266 e. The summed E-state index contributed by atoms with van der Waals surface area (Å²) in [6.45, 7) is 2.08. The number of methoxy groups -OCH3 is 1. The lowest BCUT2D eigenvalue weighted by Gasteiger charge is -2.14. The second-order valence-corrected chi connectivity index (χ2v) is 8.19. The van der Waals surface area contributed by atoms with Gasteiger partial charge in [-0.2, -0.15) is 10.5 Å². The van der Waals surface area contributed by atoms with Crippen LogP contribution in [0.2, 0.25) is 0 Å². The van der Waals surface area contributed by atoms with E-state index < -0.39 is 5.91 Å². The molecule has 0 aliphatic heterocycles. The van der Waals surface area contributed by atoms with Gasteiger partial charge in [0.2, 0.25) is 0 Å². The molecule has 0 bridgehead atoms. The number of carbonyl (C=O) groups excluding carboxylic acids is 1. The summed E-state index contributed by atoms with van der Waals surface area (Å²) in [6.07, 6.45) is 1.51. The average Bonchev–Trinajstić information content (AvgIpc) is 2.83. The van der Waals surface area contributed by atoms with Crippen LogP contribution in [0.3, 0.4) is 0 Å². The molecule has 0 heterocycles. The van der Waals surface area contributed by atoms with Crippen LogP contribution in [-0.4, -0.2) is 13.0 Å². The van der Waals surface area contributed by atoms with Gasteiger partial charge >= 0.3 is 0 Å². The van der Waals surface area contributed by atoms with Gasteiger partial charge in [-0.1, -0.05) is 36.4 Å². The Balaban J connectivity index is 1.85. The molecule has 164 valence electrons. The molecular weight excluding hydrogens is 529 g/mol. The molecule has 0 aliphatic rings. The van der Waals surface area contributed by atoms with Crippen molar-refractivity contribution in [2.75, 3.05) is 12.4 Å². The molecular formula is C26H20IN3O3. The van der Waals surface area contributed by atoms with Crippen molar-refractivity contribution in [3.8, 4) is 23.6 Å². The van der Waals surface area contributed by atoms with Gasteiger partial charge in [0.25, 0.3) is 5.91 Å². The number of rotatable bonds is 7. The fraction of sp³-hybridized carbons (Fsp3) is 0.115. The lowest BCUT2D eigenvalue weighted by molar-refractivity contribution is -0.112. The molecule has 3 aromatic rings. The first-order valence-electron chi connectivity index (χ1n) is 9.94. The third-order valence-corrected chi connectivity index (χ3v) is 5.63. The number of hydrogen-bond donors (Lipinski definition) is 1.